The number of carbonyl (C=O) groups excluding carboxylic acids is 1. The van der Waals surface area contributed by atoms with Crippen LogP contribution in [0.25, 0.3) is 0 Å². The summed E-state index contributed by atoms with van der Waals surface area (Å²) in [6.45, 7) is 5.07. The Bertz CT molecular complexity index is 530. The van der Waals surface area contributed by atoms with Gasteiger partial charge in [0.25, 0.3) is 0 Å². The van der Waals surface area contributed by atoms with Crippen LogP contribution in [0.5, 0.6) is 0 Å². The summed E-state index contributed by atoms with van der Waals surface area (Å²) < 4.78 is 6.95. The summed E-state index contributed by atoms with van der Waals surface area (Å²) in [6.07, 6.45) is 7.09. The van der Waals surface area contributed by atoms with Crippen molar-refractivity contribution in [3.63, 3.8) is 0 Å². The standard InChI is InChI=1S/C16H26N4O2/c1-18-11-14(10-17-18)12-19-6-3-4-16(13-19)5-7-20(15(16)21)8-9-22-2/h10-11H,3-9,12-13H2,1-2H3. The van der Waals surface area contributed by atoms with E-state index in [0.29, 0.717) is 12.5 Å². The van der Waals surface area contributed by atoms with Gasteiger partial charge in [0.05, 0.1) is 18.2 Å². The van der Waals surface area contributed by atoms with Crippen molar-refractivity contribution in [3.05, 3.63) is 18.0 Å². The van der Waals surface area contributed by atoms with E-state index < -0.39 is 0 Å². The Hall–Kier alpha value is -1.40. The molecule has 0 aliphatic carbocycles. The molecule has 1 atom stereocenters. The normalized spacial score (nSPS) is 26.3. The Labute approximate surface area is 132 Å². The number of nitrogens with zero attached hydrogens (tertiary/aromatic N) is 4. The summed E-state index contributed by atoms with van der Waals surface area (Å²) >= 11 is 0. The van der Waals surface area contributed by atoms with Crippen molar-refractivity contribution in [1.82, 2.24) is 19.6 Å². The van der Waals surface area contributed by atoms with E-state index in [0.717, 1.165) is 52.0 Å². The molecule has 3 rings (SSSR count). The summed E-state index contributed by atoms with van der Waals surface area (Å²) in [6, 6.07) is 0. The van der Waals surface area contributed by atoms with E-state index in [-0.39, 0.29) is 5.41 Å². The van der Waals surface area contributed by atoms with E-state index >= 15 is 0 Å². The van der Waals surface area contributed by atoms with Gasteiger partial charge in [-0.1, -0.05) is 0 Å². The first-order valence-corrected chi connectivity index (χ1v) is 8.11. The Morgan fingerprint density at radius 3 is 2.95 bits per heavy atom. The number of aryl methyl sites for hydroxylation is 1. The quantitative estimate of drug-likeness (QED) is 0.810. The molecule has 3 heterocycles. The molecule has 6 heteroatoms. The second-order valence-electron chi connectivity index (χ2n) is 6.65. The maximum Gasteiger partial charge on any atom is 0.230 e. The predicted molar refractivity (Wildman–Crippen MR) is 83.2 cm³/mol. The largest absolute Gasteiger partial charge is 0.383 e. The van der Waals surface area contributed by atoms with E-state index in [4.69, 9.17) is 4.74 Å². The maximum atomic E-state index is 12.8. The molecule has 2 aliphatic heterocycles. The summed E-state index contributed by atoms with van der Waals surface area (Å²) in [4.78, 5) is 17.2. The molecule has 0 bridgehead atoms. The zero-order chi connectivity index (χ0) is 15.6. The van der Waals surface area contributed by atoms with Crippen LogP contribution < -0.4 is 0 Å². The number of rotatable bonds is 5. The Kier molecular flexibility index (Phi) is 4.49. The molecule has 0 saturated carbocycles. The molecule has 1 amide bonds. The van der Waals surface area contributed by atoms with Crippen LogP contribution in [0.3, 0.4) is 0 Å². The highest BCUT2D eigenvalue weighted by Gasteiger charge is 2.48. The van der Waals surface area contributed by atoms with Crippen LogP contribution in [0.4, 0.5) is 0 Å². The number of aromatic nitrogens is 2. The first kappa shape index (κ1) is 15.5. The number of hydrogen-bond acceptors (Lipinski definition) is 4. The van der Waals surface area contributed by atoms with E-state index in [1.54, 1.807) is 7.11 Å². The van der Waals surface area contributed by atoms with Gasteiger partial charge in [0.1, 0.15) is 0 Å². The summed E-state index contributed by atoms with van der Waals surface area (Å²) in [7, 11) is 3.63. The third-order valence-corrected chi connectivity index (χ3v) is 4.99. The van der Waals surface area contributed by atoms with Crippen LogP contribution in [0.2, 0.25) is 0 Å². The molecule has 1 aromatic rings. The van der Waals surface area contributed by atoms with Gasteiger partial charge in [0.15, 0.2) is 0 Å². The lowest BCUT2D eigenvalue weighted by Crippen LogP contribution is -2.47. The number of ether oxygens (including phenoxy) is 1. The monoisotopic (exact) mass is 306 g/mol. The molecule has 1 unspecified atom stereocenters. The fourth-order valence-corrected chi connectivity index (χ4v) is 3.86. The minimum Gasteiger partial charge on any atom is -0.383 e. The molecular formula is C16H26N4O2. The van der Waals surface area contributed by atoms with Crippen LogP contribution in [-0.4, -0.2) is 65.4 Å². The number of amides is 1. The smallest absolute Gasteiger partial charge is 0.230 e. The molecule has 0 N–H and O–H groups in total. The number of likely N-dealkylation sites (tertiary alicyclic amines) is 2. The Balaban J connectivity index is 1.63. The first-order valence-electron chi connectivity index (χ1n) is 8.11. The first-order chi connectivity index (χ1) is 10.6. The zero-order valence-electron chi connectivity index (χ0n) is 13.6. The zero-order valence-corrected chi connectivity index (χ0v) is 13.6. The summed E-state index contributed by atoms with van der Waals surface area (Å²) in [5.74, 6) is 0.334. The van der Waals surface area contributed by atoms with Gasteiger partial charge < -0.3 is 9.64 Å². The van der Waals surface area contributed by atoms with E-state index in [2.05, 4.69) is 16.2 Å². The van der Waals surface area contributed by atoms with E-state index in [9.17, 15) is 4.79 Å². The van der Waals surface area contributed by atoms with Crippen molar-refractivity contribution in [2.75, 3.05) is 39.9 Å². The molecule has 2 fully saturated rings. The third-order valence-electron chi connectivity index (χ3n) is 4.99. The Morgan fingerprint density at radius 2 is 2.23 bits per heavy atom. The predicted octanol–water partition coefficient (Wildman–Crippen LogP) is 0.881. The molecule has 1 aromatic heterocycles. The molecule has 6 nitrogen and oxygen atoms in total. The number of hydrogen-bond donors (Lipinski definition) is 0. The molecule has 2 saturated heterocycles. The van der Waals surface area contributed by atoms with Gasteiger partial charge in [0.2, 0.25) is 5.91 Å². The Morgan fingerprint density at radius 1 is 1.36 bits per heavy atom. The van der Waals surface area contributed by atoms with Crippen LogP contribution >= 0.6 is 0 Å². The van der Waals surface area contributed by atoms with Crippen molar-refractivity contribution >= 4 is 5.91 Å². The second-order valence-corrected chi connectivity index (χ2v) is 6.65. The number of carbonyl (C=O) groups is 1. The van der Waals surface area contributed by atoms with Gasteiger partial charge in [-0.25, -0.2) is 0 Å². The highest BCUT2D eigenvalue weighted by molar-refractivity contribution is 5.85. The van der Waals surface area contributed by atoms with Crippen LogP contribution in [0.1, 0.15) is 24.8 Å². The number of methoxy groups -OCH3 is 1. The molecule has 0 aromatic carbocycles. The van der Waals surface area contributed by atoms with Crippen LogP contribution in [0.15, 0.2) is 12.4 Å². The van der Waals surface area contributed by atoms with Crippen LogP contribution in [-0.2, 0) is 23.1 Å². The van der Waals surface area contributed by atoms with Gasteiger partial charge in [0, 0.05) is 52.1 Å². The maximum absolute atomic E-state index is 12.8. The van der Waals surface area contributed by atoms with E-state index in [1.807, 2.05) is 22.8 Å². The van der Waals surface area contributed by atoms with Crippen molar-refractivity contribution < 1.29 is 9.53 Å². The minimum atomic E-state index is -0.159. The van der Waals surface area contributed by atoms with Crippen molar-refractivity contribution in [2.24, 2.45) is 12.5 Å². The lowest BCUT2D eigenvalue weighted by Gasteiger charge is -2.38. The second kappa shape index (κ2) is 6.38. The minimum absolute atomic E-state index is 0.159. The SMILES string of the molecule is COCCN1CCC2(CCCN(Cc3cnn(C)c3)C2)C1=O. The van der Waals surface area contributed by atoms with E-state index in [1.165, 1.54) is 5.56 Å². The lowest BCUT2D eigenvalue weighted by atomic mass is 9.78. The highest BCUT2D eigenvalue weighted by Crippen LogP contribution is 2.40. The topological polar surface area (TPSA) is 50.6 Å². The van der Waals surface area contributed by atoms with Gasteiger partial charge in [-0.3, -0.25) is 14.4 Å². The van der Waals surface area contributed by atoms with Gasteiger partial charge in [-0.05, 0) is 25.8 Å². The van der Waals surface area contributed by atoms with Crippen molar-refractivity contribution in [2.45, 2.75) is 25.8 Å². The lowest BCUT2D eigenvalue weighted by molar-refractivity contribution is -0.139. The fourth-order valence-electron chi connectivity index (χ4n) is 3.86. The van der Waals surface area contributed by atoms with Crippen molar-refractivity contribution in [1.29, 1.82) is 0 Å². The van der Waals surface area contributed by atoms with Gasteiger partial charge in [-0.2, -0.15) is 5.10 Å². The molecular weight excluding hydrogens is 280 g/mol. The van der Waals surface area contributed by atoms with Gasteiger partial charge in [-0.15, -0.1) is 0 Å². The highest BCUT2D eigenvalue weighted by atomic mass is 16.5. The number of piperidine rings is 1. The average Bonchev–Trinajstić information content (AvgIpc) is 3.03. The average molecular weight is 306 g/mol. The molecule has 0 radical (unpaired) electrons. The van der Waals surface area contributed by atoms with Gasteiger partial charge >= 0.3 is 0 Å². The van der Waals surface area contributed by atoms with Crippen LogP contribution in [0, 0.1) is 5.41 Å². The summed E-state index contributed by atoms with van der Waals surface area (Å²) in [5, 5.41) is 4.23. The molecule has 122 valence electrons. The molecule has 22 heavy (non-hydrogen) atoms. The third kappa shape index (κ3) is 3.03. The fraction of sp³-hybridized carbons (Fsp3) is 0.750. The molecule has 2 aliphatic rings. The summed E-state index contributed by atoms with van der Waals surface area (Å²) in [5.41, 5.74) is 1.06. The van der Waals surface area contributed by atoms with Crippen molar-refractivity contribution in [3.8, 4) is 0 Å². The molecule has 1 spiro atoms.